The third-order valence-corrected chi connectivity index (χ3v) is 4.85. The van der Waals surface area contributed by atoms with E-state index in [0.29, 0.717) is 12.1 Å². The van der Waals surface area contributed by atoms with Gasteiger partial charge in [0.05, 0.1) is 11.1 Å². The van der Waals surface area contributed by atoms with Crippen molar-refractivity contribution in [3.63, 3.8) is 0 Å². The van der Waals surface area contributed by atoms with Crippen molar-refractivity contribution >= 4 is 5.78 Å². The van der Waals surface area contributed by atoms with E-state index in [4.69, 9.17) is 5.26 Å². The van der Waals surface area contributed by atoms with Crippen molar-refractivity contribution in [2.45, 2.75) is 37.8 Å². The molecule has 4 heteroatoms. The maximum atomic E-state index is 14.1. The highest BCUT2D eigenvalue weighted by Crippen LogP contribution is 2.38. The van der Waals surface area contributed by atoms with Crippen LogP contribution in [0.25, 0.3) is 0 Å². The molecule has 3 rings (SSSR count). The number of carbonyl (C=O) groups excluding carboxylic acids is 1. The van der Waals surface area contributed by atoms with Gasteiger partial charge >= 0.3 is 0 Å². The van der Waals surface area contributed by atoms with Gasteiger partial charge in [0.2, 0.25) is 0 Å². The smallest absolute Gasteiger partial charge is 0.169 e. The van der Waals surface area contributed by atoms with Gasteiger partial charge in [-0.2, -0.15) is 5.26 Å². The summed E-state index contributed by atoms with van der Waals surface area (Å²) in [6, 6.07) is 7.18. The summed E-state index contributed by atoms with van der Waals surface area (Å²) in [5.74, 6) is -0.900. The molecule has 0 aliphatic carbocycles. The Labute approximate surface area is 118 Å². The maximum absolute atomic E-state index is 14.1. The molecule has 3 nitrogen and oxygen atoms in total. The van der Waals surface area contributed by atoms with Gasteiger partial charge < -0.3 is 4.90 Å². The molecule has 2 atom stereocenters. The number of piperidine rings is 1. The molecule has 2 aliphatic rings. The van der Waals surface area contributed by atoms with E-state index in [0.717, 1.165) is 25.7 Å². The summed E-state index contributed by atoms with van der Waals surface area (Å²) in [6.45, 7) is 0. The second-order valence-corrected chi connectivity index (χ2v) is 5.86. The van der Waals surface area contributed by atoms with Crippen LogP contribution in [0.4, 0.5) is 4.39 Å². The number of nitrogens with zero attached hydrogens (tertiary/aromatic N) is 2. The van der Waals surface area contributed by atoms with Gasteiger partial charge in [-0.05, 0) is 44.9 Å². The van der Waals surface area contributed by atoms with E-state index in [1.54, 1.807) is 12.1 Å². The van der Waals surface area contributed by atoms with Crippen molar-refractivity contribution < 1.29 is 9.18 Å². The Morgan fingerprint density at radius 1 is 1.35 bits per heavy atom. The number of hydrogen-bond donors (Lipinski definition) is 0. The van der Waals surface area contributed by atoms with Crippen molar-refractivity contribution in [3.05, 3.63) is 35.1 Å². The predicted molar refractivity (Wildman–Crippen MR) is 72.7 cm³/mol. The molecule has 2 bridgehead atoms. The number of carbonyl (C=O) groups is 1. The topological polar surface area (TPSA) is 44.1 Å². The van der Waals surface area contributed by atoms with Crippen molar-refractivity contribution in [1.82, 2.24) is 4.90 Å². The molecule has 2 heterocycles. The van der Waals surface area contributed by atoms with Crippen LogP contribution in [0.1, 0.15) is 41.6 Å². The molecule has 0 amide bonds. The number of Topliss-reactive ketones (excluding diaryl/α,β-unsaturated/α-hetero) is 1. The number of ketones is 1. The molecule has 0 N–H and O–H groups in total. The molecular formula is C16H17FN2O. The van der Waals surface area contributed by atoms with Crippen molar-refractivity contribution in [2.24, 2.45) is 5.92 Å². The highest BCUT2D eigenvalue weighted by molar-refractivity contribution is 5.98. The first-order valence-corrected chi connectivity index (χ1v) is 7.06. The summed E-state index contributed by atoms with van der Waals surface area (Å²) in [5, 5.41) is 8.86. The molecule has 20 heavy (non-hydrogen) atoms. The highest BCUT2D eigenvalue weighted by Gasteiger charge is 2.41. The molecule has 0 saturated carbocycles. The average molecular weight is 272 g/mol. The fourth-order valence-electron chi connectivity index (χ4n) is 3.65. The Morgan fingerprint density at radius 3 is 2.60 bits per heavy atom. The monoisotopic (exact) mass is 272 g/mol. The Balaban J connectivity index is 1.86. The van der Waals surface area contributed by atoms with Crippen LogP contribution in [-0.2, 0) is 0 Å². The van der Waals surface area contributed by atoms with Gasteiger partial charge in [0.15, 0.2) is 11.6 Å². The zero-order valence-corrected chi connectivity index (χ0v) is 11.5. The summed E-state index contributed by atoms with van der Waals surface area (Å²) in [5.41, 5.74) is 0.0322. The number of fused-ring (bicyclic) bond motifs is 2. The van der Waals surface area contributed by atoms with E-state index in [1.807, 2.05) is 0 Å². The van der Waals surface area contributed by atoms with Crippen LogP contribution in [0.15, 0.2) is 18.2 Å². The van der Waals surface area contributed by atoms with E-state index in [2.05, 4.69) is 11.9 Å². The first kappa shape index (κ1) is 13.3. The molecule has 2 unspecified atom stereocenters. The predicted octanol–water partition coefficient (Wildman–Crippen LogP) is 2.75. The van der Waals surface area contributed by atoms with Gasteiger partial charge in [-0.15, -0.1) is 0 Å². The van der Waals surface area contributed by atoms with E-state index in [9.17, 15) is 9.18 Å². The lowest BCUT2D eigenvalue weighted by Gasteiger charge is -2.35. The van der Waals surface area contributed by atoms with Gasteiger partial charge in [-0.1, -0.05) is 6.07 Å². The Hall–Kier alpha value is -1.73. The molecule has 1 aromatic carbocycles. The van der Waals surface area contributed by atoms with E-state index >= 15 is 0 Å². The van der Waals surface area contributed by atoms with Crippen molar-refractivity contribution in [3.8, 4) is 6.07 Å². The van der Waals surface area contributed by atoms with Crippen LogP contribution in [0.3, 0.4) is 0 Å². The third kappa shape index (κ3) is 2.03. The van der Waals surface area contributed by atoms with Gasteiger partial charge in [0, 0.05) is 18.0 Å². The Morgan fingerprint density at radius 2 is 2.00 bits per heavy atom. The molecule has 0 aromatic heterocycles. The average Bonchev–Trinajstić information content (AvgIpc) is 2.68. The van der Waals surface area contributed by atoms with Crippen LogP contribution in [0.5, 0.6) is 0 Å². The van der Waals surface area contributed by atoms with Gasteiger partial charge in [-0.3, -0.25) is 4.79 Å². The van der Waals surface area contributed by atoms with Crippen LogP contribution >= 0.6 is 0 Å². The minimum Gasteiger partial charge on any atom is -0.300 e. The van der Waals surface area contributed by atoms with Gasteiger partial charge in [0.1, 0.15) is 6.07 Å². The first-order chi connectivity index (χ1) is 9.61. The lowest BCUT2D eigenvalue weighted by Crippen LogP contribution is -2.42. The second kappa shape index (κ2) is 4.99. The summed E-state index contributed by atoms with van der Waals surface area (Å²) in [4.78, 5) is 14.9. The number of rotatable bonds is 2. The SMILES string of the molecule is CN1C2CCC1CC(C(=O)c1cccc(C#N)c1F)C2. The van der Waals surface area contributed by atoms with Gasteiger partial charge in [-0.25, -0.2) is 4.39 Å². The minimum absolute atomic E-state index is 0.0493. The molecule has 104 valence electrons. The molecule has 0 spiro atoms. The number of benzene rings is 1. The van der Waals surface area contributed by atoms with Crippen LogP contribution < -0.4 is 0 Å². The second-order valence-electron chi connectivity index (χ2n) is 5.86. The number of halogens is 1. The lowest BCUT2D eigenvalue weighted by molar-refractivity contribution is 0.0763. The largest absolute Gasteiger partial charge is 0.300 e. The third-order valence-electron chi connectivity index (χ3n) is 4.85. The normalized spacial score (nSPS) is 29.1. The minimum atomic E-state index is -0.661. The first-order valence-electron chi connectivity index (χ1n) is 7.06. The number of hydrogen-bond acceptors (Lipinski definition) is 3. The fraction of sp³-hybridized carbons (Fsp3) is 0.500. The van der Waals surface area contributed by atoms with Crippen molar-refractivity contribution in [1.29, 1.82) is 5.26 Å². The Bertz CT molecular complexity index is 579. The molecule has 2 saturated heterocycles. The van der Waals surface area contributed by atoms with Crippen LogP contribution in [0.2, 0.25) is 0 Å². The van der Waals surface area contributed by atoms with Crippen LogP contribution in [-0.4, -0.2) is 29.8 Å². The number of nitriles is 1. The molecule has 2 aliphatic heterocycles. The zero-order valence-electron chi connectivity index (χ0n) is 11.5. The molecule has 0 radical (unpaired) electrons. The lowest BCUT2D eigenvalue weighted by atomic mass is 9.84. The summed E-state index contributed by atoms with van der Waals surface area (Å²) in [6.07, 6.45) is 3.88. The summed E-state index contributed by atoms with van der Waals surface area (Å²) < 4.78 is 14.1. The summed E-state index contributed by atoms with van der Waals surface area (Å²) >= 11 is 0. The Kier molecular flexibility index (Phi) is 3.31. The highest BCUT2D eigenvalue weighted by atomic mass is 19.1. The molecule has 2 fully saturated rings. The quantitative estimate of drug-likeness (QED) is 0.778. The van der Waals surface area contributed by atoms with E-state index < -0.39 is 5.82 Å². The van der Waals surface area contributed by atoms with E-state index in [1.165, 1.54) is 12.1 Å². The molecular weight excluding hydrogens is 255 g/mol. The summed E-state index contributed by atoms with van der Waals surface area (Å²) in [7, 11) is 2.11. The zero-order chi connectivity index (χ0) is 14.3. The molecule has 1 aromatic rings. The standard InChI is InChI=1S/C16H17FN2O/c1-19-12-5-6-13(19)8-11(7-12)16(20)14-4-2-3-10(9-18)15(14)17/h2-4,11-13H,5-8H2,1H3. The fourth-order valence-corrected chi connectivity index (χ4v) is 3.65. The van der Waals surface area contributed by atoms with Crippen molar-refractivity contribution in [2.75, 3.05) is 7.05 Å². The van der Waals surface area contributed by atoms with Gasteiger partial charge in [0.25, 0.3) is 0 Å². The van der Waals surface area contributed by atoms with E-state index in [-0.39, 0.29) is 22.8 Å². The van der Waals surface area contributed by atoms with Crippen LogP contribution in [0, 0.1) is 23.1 Å². The maximum Gasteiger partial charge on any atom is 0.169 e.